The Labute approximate surface area is 397 Å². The summed E-state index contributed by atoms with van der Waals surface area (Å²) in [5.41, 5.74) is 16.0. The number of ether oxygens (including phenoxy) is 1. The lowest BCUT2D eigenvalue weighted by atomic mass is 9.93. The fourth-order valence-electron chi connectivity index (χ4n) is 10.5. The molecule has 0 saturated heterocycles. The molecule has 0 amide bonds. The van der Waals surface area contributed by atoms with Gasteiger partial charge in [0, 0.05) is 78.1 Å². The molecule has 0 atom stereocenters. The number of furan rings is 2. The second kappa shape index (κ2) is 15.7. The Morgan fingerprint density at radius 1 is 0.304 bits per heavy atom. The zero-order valence-electron chi connectivity index (χ0n) is 37.2. The van der Waals surface area contributed by atoms with E-state index in [1.807, 2.05) is 24.3 Å². The molecule has 0 bridgehead atoms. The van der Waals surface area contributed by atoms with E-state index in [1.54, 1.807) is 0 Å². The lowest BCUT2D eigenvalue weighted by Crippen LogP contribution is -2.13. The summed E-state index contributed by atoms with van der Waals surface area (Å²) in [5.74, 6) is 1.59. The Morgan fingerprint density at radius 3 is 1.36 bits per heavy atom. The van der Waals surface area contributed by atoms with Gasteiger partial charge >= 0.3 is 0 Å². The van der Waals surface area contributed by atoms with Crippen LogP contribution in [0, 0.1) is 0 Å². The first kappa shape index (κ1) is 38.9. The molecule has 5 nitrogen and oxygen atoms in total. The Balaban J connectivity index is 0.927. The maximum Gasteiger partial charge on any atom is 0.159 e. The van der Waals surface area contributed by atoms with Crippen molar-refractivity contribution in [3.63, 3.8) is 0 Å². The van der Waals surface area contributed by atoms with Crippen molar-refractivity contribution in [3.8, 4) is 44.9 Å². The van der Waals surface area contributed by atoms with Crippen molar-refractivity contribution >= 4 is 88.8 Å². The Morgan fingerprint density at radius 2 is 0.783 bits per heavy atom. The summed E-state index contributed by atoms with van der Waals surface area (Å²) in [7, 11) is 0. The molecule has 1 aliphatic heterocycles. The minimum atomic E-state index is 0.792. The number of hydrogen-bond acceptors (Lipinski definition) is 5. The molecule has 13 aromatic rings. The zero-order valence-corrected chi connectivity index (χ0v) is 37.2. The van der Waals surface area contributed by atoms with Gasteiger partial charge in [-0.15, -0.1) is 0 Å². The molecule has 0 fully saturated rings. The van der Waals surface area contributed by atoms with Crippen molar-refractivity contribution in [2.24, 2.45) is 0 Å². The molecule has 3 heterocycles. The molecule has 0 unspecified atom stereocenters. The highest BCUT2D eigenvalue weighted by Crippen LogP contribution is 2.54. The molecule has 2 aromatic heterocycles. The van der Waals surface area contributed by atoms with Crippen LogP contribution in [0.2, 0.25) is 0 Å². The normalized spacial score (nSPS) is 11.9. The lowest BCUT2D eigenvalue weighted by Gasteiger charge is -2.32. The van der Waals surface area contributed by atoms with Gasteiger partial charge in [-0.1, -0.05) is 158 Å². The molecule has 5 heteroatoms. The average molecular weight is 885 g/mol. The van der Waals surface area contributed by atoms with Crippen molar-refractivity contribution < 1.29 is 13.6 Å². The second-order valence-electron chi connectivity index (χ2n) is 17.6. The smallest absolute Gasteiger partial charge is 0.159 e. The van der Waals surface area contributed by atoms with Crippen LogP contribution in [0.1, 0.15) is 0 Å². The van der Waals surface area contributed by atoms with Gasteiger partial charge in [0.2, 0.25) is 0 Å². The fraction of sp³-hybridized carbons (Fsp3) is 0. The minimum Gasteiger partial charge on any atom is -0.455 e. The summed E-state index contributed by atoms with van der Waals surface area (Å²) in [4.78, 5) is 4.59. The van der Waals surface area contributed by atoms with E-state index < -0.39 is 0 Å². The molecule has 0 N–H and O–H groups in total. The van der Waals surface area contributed by atoms with E-state index in [1.165, 1.54) is 0 Å². The van der Waals surface area contributed by atoms with Crippen LogP contribution in [-0.4, -0.2) is 0 Å². The second-order valence-corrected chi connectivity index (χ2v) is 17.6. The highest BCUT2D eigenvalue weighted by molar-refractivity contribution is 6.12. The quantitative estimate of drug-likeness (QED) is 0.152. The van der Waals surface area contributed by atoms with Crippen molar-refractivity contribution in [1.29, 1.82) is 0 Å². The summed E-state index contributed by atoms with van der Waals surface area (Å²) >= 11 is 0. The maximum absolute atomic E-state index is 7.31. The third-order valence-corrected chi connectivity index (χ3v) is 13.7. The van der Waals surface area contributed by atoms with Crippen LogP contribution in [-0.2, 0) is 0 Å². The van der Waals surface area contributed by atoms with Gasteiger partial charge in [0.05, 0.1) is 5.69 Å². The largest absolute Gasteiger partial charge is 0.455 e. The topological polar surface area (TPSA) is 42.0 Å². The van der Waals surface area contributed by atoms with Crippen molar-refractivity contribution in [2.45, 2.75) is 0 Å². The van der Waals surface area contributed by atoms with Gasteiger partial charge in [-0.25, -0.2) is 0 Å². The predicted octanol–water partition coefficient (Wildman–Crippen LogP) is 18.7. The highest BCUT2D eigenvalue weighted by Gasteiger charge is 2.28. The molecule has 1 aliphatic rings. The number of anilines is 6. The third kappa shape index (κ3) is 6.32. The lowest BCUT2D eigenvalue weighted by molar-refractivity contribution is 0.488. The summed E-state index contributed by atoms with van der Waals surface area (Å²) in [6, 6.07) is 85.4. The van der Waals surface area contributed by atoms with Crippen LogP contribution in [0.5, 0.6) is 11.5 Å². The van der Waals surface area contributed by atoms with Gasteiger partial charge in [0.1, 0.15) is 28.1 Å². The standard InChI is InChI=1S/C64H40N2O3/c1-3-15-44(16-4-1)65(45-17-5-2-6-18-45)48-37-38-53-54-23-11-14-43-32-39-57(64(61(43)54)69-60(53)40-48)66(46-33-28-41(29-34-46)49-21-12-24-55-51-19-7-9-26-58(51)67-62(49)55)47-35-30-42(31-36-47)50-22-13-25-56-52-20-8-10-27-59(52)68-63(50)56/h1-40H. The summed E-state index contributed by atoms with van der Waals surface area (Å²) in [6.45, 7) is 0. The molecule has 69 heavy (non-hydrogen) atoms. The van der Waals surface area contributed by atoms with Gasteiger partial charge in [0.25, 0.3) is 0 Å². The van der Waals surface area contributed by atoms with Gasteiger partial charge in [-0.2, -0.15) is 0 Å². The number of fused-ring (bicyclic) bond motifs is 8. The molecule has 0 aliphatic carbocycles. The first-order valence-corrected chi connectivity index (χ1v) is 23.3. The molecular formula is C64H40N2O3. The van der Waals surface area contributed by atoms with Gasteiger partial charge in [0.15, 0.2) is 5.75 Å². The van der Waals surface area contributed by atoms with Crippen LogP contribution in [0.3, 0.4) is 0 Å². The van der Waals surface area contributed by atoms with E-state index in [2.05, 4.69) is 228 Å². The predicted molar refractivity (Wildman–Crippen MR) is 284 cm³/mol. The minimum absolute atomic E-state index is 0.792. The Bertz CT molecular complexity index is 3900. The highest BCUT2D eigenvalue weighted by atomic mass is 16.5. The fourth-order valence-corrected chi connectivity index (χ4v) is 10.5. The van der Waals surface area contributed by atoms with Crippen LogP contribution in [0.25, 0.3) is 88.0 Å². The summed E-state index contributed by atoms with van der Waals surface area (Å²) < 4.78 is 20.3. The number of benzene rings is 11. The number of hydrogen-bond donors (Lipinski definition) is 0. The number of para-hydroxylation sites is 6. The first-order valence-electron chi connectivity index (χ1n) is 23.3. The first-order chi connectivity index (χ1) is 34.2. The van der Waals surface area contributed by atoms with Crippen LogP contribution in [0.4, 0.5) is 34.1 Å². The monoisotopic (exact) mass is 884 g/mol. The molecular weight excluding hydrogens is 845 g/mol. The van der Waals surface area contributed by atoms with E-state index in [4.69, 9.17) is 13.6 Å². The number of nitrogens with zero attached hydrogens (tertiary/aromatic N) is 2. The number of rotatable bonds is 8. The summed E-state index contributed by atoms with van der Waals surface area (Å²) in [5, 5.41) is 6.63. The van der Waals surface area contributed by atoms with Crippen LogP contribution < -0.4 is 14.5 Å². The molecule has 0 spiro atoms. The molecule has 324 valence electrons. The molecule has 14 rings (SSSR count). The van der Waals surface area contributed by atoms with E-state index >= 15 is 0 Å². The molecule has 0 radical (unpaired) electrons. The van der Waals surface area contributed by atoms with E-state index in [0.29, 0.717) is 0 Å². The van der Waals surface area contributed by atoms with Gasteiger partial charge in [-0.05, 0) is 101 Å². The Kier molecular flexibility index (Phi) is 8.83. The van der Waals surface area contributed by atoms with E-state index in [0.717, 1.165) is 134 Å². The van der Waals surface area contributed by atoms with Crippen molar-refractivity contribution in [1.82, 2.24) is 0 Å². The van der Waals surface area contributed by atoms with Gasteiger partial charge < -0.3 is 23.4 Å². The molecule has 11 aromatic carbocycles. The molecule has 0 saturated carbocycles. The van der Waals surface area contributed by atoms with Crippen LogP contribution >= 0.6 is 0 Å². The van der Waals surface area contributed by atoms with E-state index in [-0.39, 0.29) is 0 Å². The average Bonchev–Trinajstić information content (AvgIpc) is 4.00. The van der Waals surface area contributed by atoms with Crippen molar-refractivity contribution in [2.75, 3.05) is 9.80 Å². The summed E-state index contributed by atoms with van der Waals surface area (Å²) in [6.07, 6.45) is 0. The van der Waals surface area contributed by atoms with Crippen LogP contribution in [0.15, 0.2) is 251 Å². The van der Waals surface area contributed by atoms with E-state index in [9.17, 15) is 0 Å². The van der Waals surface area contributed by atoms with Gasteiger partial charge in [-0.3, -0.25) is 0 Å². The zero-order chi connectivity index (χ0) is 45.4. The Hall–Kier alpha value is -9.32. The third-order valence-electron chi connectivity index (χ3n) is 13.7. The maximum atomic E-state index is 7.31. The SMILES string of the molecule is c1ccc(N(c2ccccc2)c2ccc3c(c2)Oc2c(N(c4ccc(-c5cccc6c5oc5ccccc56)cc4)c4ccc(-c5cccc6c5oc5ccccc56)cc4)ccc4cccc-3c24)cc1. The van der Waals surface area contributed by atoms with Crippen molar-refractivity contribution in [3.05, 3.63) is 243 Å².